The van der Waals surface area contributed by atoms with Crippen LogP contribution in [0.3, 0.4) is 0 Å². The van der Waals surface area contributed by atoms with Gasteiger partial charge in [-0.05, 0) is 0 Å². The fourth-order valence-electron chi connectivity index (χ4n) is 1.85. The van der Waals surface area contributed by atoms with Gasteiger partial charge in [-0.25, -0.2) is 0 Å². The van der Waals surface area contributed by atoms with E-state index in [9.17, 15) is 0 Å². The lowest BCUT2D eigenvalue weighted by molar-refractivity contribution is 0.740. The number of thioether (sulfide) groups is 1. The summed E-state index contributed by atoms with van der Waals surface area (Å²) in [5.74, 6) is 1.19. The first kappa shape index (κ1) is 8.38. The summed E-state index contributed by atoms with van der Waals surface area (Å²) >= 11 is 1.95. The summed E-state index contributed by atoms with van der Waals surface area (Å²) < 4.78 is 0. The minimum Gasteiger partial charge on any atom is -0.354 e. The molecule has 0 bridgehead atoms. The second kappa shape index (κ2) is 3.33. The molecule has 2 aromatic rings. The van der Waals surface area contributed by atoms with Crippen LogP contribution in [0.15, 0.2) is 24.3 Å². The number of H-pyrrole nitrogens is 1. The fraction of sp³-hybridized carbons (Fsp3) is 0.273. The molecular weight excluding hydrogens is 192 g/mol. The largest absolute Gasteiger partial charge is 0.354 e. The van der Waals surface area contributed by atoms with Crippen LogP contribution in [0.5, 0.6) is 0 Å². The van der Waals surface area contributed by atoms with Crippen LogP contribution >= 0.6 is 11.8 Å². The zero-order chi connectivity index (χ0) is 9.38. The predicted octanol–water partition coefficient (Wildman–Crippen LogP) is 2.30. The van der Waals surface area contributed by atoms with Gasteiger partial charge in [0.1, 0.15) is 0 Å². The van der Waals surface area contributed by atoms with E-state index in [1.54, 1.807) is 0 Å². The maximum Gasteiger partial charge on any atom is 0.0947 e. The number of aromatic nitrogens is 1. The number of hydrogen-bond donors (Lipinski definition) is 2. The Kier molecular flexibility index (Phi) is 2.00. The highest BCUT2D eigenvalue weighted by Gasteiger charge is 2.19. The molecule has 1 aliphatic heterocycles. The van der Waals surface area contributed by atoms with Crippen LogP contribution in [0.25, 0.3) is 10.8 Å². The van der Waals surface area contributed by atoms with Crippen molar-refractivity contribution >= 4 is 22.5 Å². The maximum absolute atomic E-state index is 3.46. The van der Waals surface area contributed by atoms with Gasteiger partial charge in [0.25, 0.3) is 0 Å². The molecule has 1 aromatic carbocycles. The molecule has 2 heterocycles. The molecule has 3 heteroatoms. The van der Waals surface area contributed by atoms with Crippen LogP contribution in [-0.4, -0.2) is 17.3 Å². The first-order valence-electron chi connectivity index (χ1n) is 4.78. The molecule has 2 nitrogen and oxygen atoms in total. The molecule has 71 valence electrons. The van der Waals surface area contributed by atoms with Gasteiger partial charge in [-0.3, -0.25) is 5.32 Å². The smallest absolute Gasteiger partial charge is 0.0947 e. The SMILES string of the molecule is [c]1[nH]c(C2NCCS2)c2ccccc12. The molecule has 1 radical (unpaired) electrons. The Hall–Kier alpha value is -0.930. The van der Waals surface area contributed by atoms with E-state index >= 15 is 0 Å². The lowest BCUT2D eigenvalue weighted by Gasteiger charge is -2.07. The van der Waals surface area contributed by atoms with Crippen LogP contribution in [0.1, 0.15) is 11.1 Å². The topological polar surface area (TPSA) is 27.8 Å². The van der Waals surface area contributed by atoms with Crippen LogP contribution in [0.4, 0.5) is 0 Å². The van der Waals surface area contributed by atoms with E-state index in [1.807, 2.05) is 17.8 Å². The molecule has 14 heavy (non-hydrogen) atoms. The number of fused-ring (bicyclic) bond motifs is 1. The Labute approximate surface area is 87.1 Å². The normalized spacial score (nSPS) is 21.9. The Morgan fingerprint density at radius 1 is 1.36 bits per heavy atom. The van der Waals surface area contributed by atoms with Gasteiger partial charge in [0.15, 0.2) is 0 Å². The van der Waals surface area contributed by atoms with Crippen molar-refractivity contribution < 1.29 is 0 Å². The van der Waals surface area contributed by atoms with Gasteiger partial charge in [-0.15, -0.1) is 11.8 Å². The van der Waals surface area contributed by atoms with Crippen LogP contribution in [0, 0.1) is 6.20 Å². The van der Waals surface area contributed by atoms with Gasteiger partial charge in [-0.1, -0.05) is 24.3 Å². The fourth-order valence-corrected chi connectivity index (χ4v) is 2.91. The average molecular weight is 203 g/mol. The van der Waals surface area contributed by atoms with Crippen LogP contribution in [0.2, 0.25) is 0 Å². The van der Waals surface area contributed by atoms with Gasteiger partial charge < -0.3 is 4.98 Å². The molecule has 1 fully saturated rings. The van der Waals surface area contributed by atoms with E-state index < -0.39 is 0 Å². The molecule has 2 N–H and O–H groups in total. The van der Waals surface area contributed by atoms with Crippen molar-refractivity contribution in [2.45, 2.75) is 5.37 Å². The maximum atomic E-state index is 3.46. The Balaban J connectivity index is 2.11. The van der Waals surface area contributed by atoms with E-state index in [0.717, 1.165) is 6.54 Å². The summed E-state index contributed by atoms with van der Waals surface area (Å²) in [5, 5.41) is 6.35. The number of benzene rings is 1. The second-order valence-electron chi connectivity index (χ2n) is 3.41. The van der Waals surface area contributed by atoms with Crippen molar-refractivity contribution in [2.24, 2.45) is 0 Å². The monoisotopic (exact) mass is 203 g/mol. The van der Waals surface area contributed by atoms with Crippen molar-refractivity contribution in [3.63, 3.8) is 0 Å². The zero-order valence-corrected chi connectivity index (χ0v) is 8.53. The zero-order valence-electron chi connectivity index (χ0n) is 7.71. The van der Waals surface area contributed by atoms with Crippen molar-refractivity contribution in [1.82, 2.24) is 10.3 Å². The first-order valence-corrected chi connectivity index (χ1v) is 5.83. The Bertz CT molecular complexity index is 443. The summed E-state index contributed by atoms with van der Waals surface area (Å²) in [6.07, 6.45) is 3.19. The number of hydrogen-bond acceptors (Lipinski definition) is 2. The standard InChI is InChI=1S/C11H11N2S/c1-2-4-9-8(3-1)7-13-10(9)11-12-5-6-14-11/h1-4,11-13H,5-6H2. The first-order chi connectivity index (χ1) is 6.95. The van der Waals surface area contributed by atoms with Crippen molar-refractivity contribution in [3.8, 4) is 0 Å². The highest BCUT2D eigenvalue weighted by atomic mass is 32.2. The van der Waals surface area contributed by atoms with Crippen LogP contribution in [-0.2, 0) is 0 Å². The number of aromatic amines is 1. The van der Waals surface area contributed by atoms with Gasteiger partial charge >= 0.3 is 0 Å². The minimum absolute atomic E-state index is 0.422. The molecule has 1 aliphatic rings. The molecule has 0 spiro atoms. The summed E-state index contributed by atoms with van der Waals surface area (Å²) in [4.78, 5) is 3.25. The van der Waals surface area contributed by atoms with Crippen molar-refractivity contribution in [1.29, 1.82) is 0 Å². The molecule has 0 aliphatic carbocycles. The summed E-state index contributed by atoms with van der Waals surface area (Å²) in [5.41, 5.74) is 1.27. The molecule has 0 saturated carbocycles. The van der Waals surface area contributed by atoms with Gasteiger partial charge in [0.05, 0.1) is 17.3 Å². The van der Waals surface area contributed by atoms with Crippen LogP contribution < -0.4 is 5.32 Å². The number of nitrogens with one attached hydrogen (secondary N) is 2. The van der Waals surface area contributed by atoms with Gasteiger partial charge in [-0.2, -0.15) is 0 Å². The summed E-state index contributed by atoms with van der Waals surface area (Å²) in [6.45, 7) is 1.10. The third kappa shape index (κ3) is 1.24. The molecule has 3 rings (SSSR count). The molecule has 1 aromatic heterocycles. The molecule has 0 amide bonds. The van der Waals surface area contributed by atoms with Gasteiger partial charge in [0, 0.05) is 23.1 Å². The lowest BCUT2D eigenvalue weighted by atomic mass is 10.2. The van der Waals surface area contributed by atoms with E-state index in [-0.39, 0.29) is 0 Å². The minimum atomic E-state index is 0.422. The van der Waals surface area contributed by atoms with Crippen molar-refractivity contribution in [3.05, 3.63) is 36.2 Å². The molecule has 1 atom stereocenters. The summed E-state index contributed by atoms with van der Waals surface area (Å²) in [7, 11) is 0. The molecular formula is C11H11N2S. The molecule has 1 saturated heterocycles. The third-order valence-electron chi connectivity index (χ3n) is 2.53. The lowest BCUT2D eigenvalue weighted by Crippen LogP contribution is -2.12. The third-order valence-corrected chi connectivity index (χ3v) is 3.70. The Morgan fingerprint density at radius 2 is 2.29 bits per heavy atom. The molecule has 1 unspecified atom stereocenters. The van der Waals surface area contributed by atoms with Crippen molar-refractivity contribution in [2.75, 3.05) is 12.3 Å². The highest BCUT2D eigenvalue weighted by molar-refractivity contribution is 7.99. The number of rotatable bonds is 1. The van der Waals surface area contributed by atoms with E-state index in [0.29, 0.717) is 5.37 Å². The second-order valence-corrected chi connectivity index (χ2v) is 4.63. The van der Waals surface area contributed by atoms with E-state index in [1.165, 1.54) is 22.2 Å². The highest BCUT2D eigenvalue weighted by Crippen LogP contribution is 2.33. The summed E-state index contributed by atoms with van der Waals surface area (Å²) in [6, 6.07) is 8.37. The van der Waals surface area contributed by atoms with E-state index in [4.69, 9.17) is 0 Å². The quantitative estimate of drug-likeness (QED) is 0.744. The van der Waals surface area contributed by atoms with E-state index in [2.05, 4.69) is 34.7 Å². The Morgan fingerprint density at radius 3 is 3.14 bits per heavy atom. The average Bonchev–Trinajstić information content (AvgIpc) is 2.85. The van der Waals surface area contributed by atoms with Gasteiger partial charge in [0.2, 0.25) is 0 Å². The predicted molar refractivity (Wildman–Crippen MR) is 60.3 cm³/mol.